The Bertz CT molecular complexity index is 1490. The molecule has 4 aromatic carbocycles. The summed E-state index contributed by atoms with van der Waals surface area (Å²) >= 11 is 0. The summed E-state index contributed by atoms with van der Waals surface area (Å²) in [6, 6.07) is 29.9. The lowest BCUT2D eigenvalue weighted by atomic mass is 10.2. The van der Waals surface area contributed by atoms with Gasteiger partial charge in [0.2, 0.25) is 4.90 Å². The van der Waals surface area contributed by atoms with Gasteiger partial charge >= 0.3 is 0 Å². The van der Waals surface area contributed by atoms with Crippen molar-refractivity contribution in [3.63, 3.8) is 0 Å². The Morgan fingerprint density at radius 3 is 1.51 bits per heavy atom. The van der Waals surface area contributed by atoms with Gasteiger partial charge in [-0.3, -0.25) is 0 Å². The highest BCUT2D eigenvalue weighted by molar-refractivity contribution is 7.97. The molecule has 4 rings (SSSR count). The number of ether oxygens (including phenoxy) is 2. The molecule has 0 unspecified atom stereocenters. The second-order valence-electron chi connectivity index (χ2n) is 11.0. The van der Waals surface area contributed by atoms with Crippen molar-refractivity contribution in [2.75, 3.05) is 0 Å². The molecule has 0 atom stereocenters. The van der Waals surface area contributed by atoms with Crippen molar-refractivity contribution in [2.24, 2.45) is 0 Å². The van der Waals surface area contributed by atoms with Crippen LogP contribution >= 0.6 is 0 Å². The predicted octanol–water partition coefficient (Wildman–Crippen LogP) is 8.01. The van der Waals surface area contributed by atoms with Crippen LogP contribution < -0.4 is 9.47 Å². The molecule has 0 spiro atoms. The van der Waals surface area contributed by atoms with Crippen LogP contribution in [0.4, 0.5) is 8.78 Å². The summed E-state index contributed by atoms with van der Waals surface area (Å²) in [5, 5.41) is 0. The highest BCUT2D eigenvalue weighted by Gasteiger charge is 2.34. The first-order chi connectivity index (χ1) is 19.0. The molecule has 9 heteroatoms. The summed E-state index contributed by atoms with van der Waals surface area (Å²) in [4.78, 5) is 2.27. The van der Waals surface area contributed by atoms with Gasteiger partial charge in [-0.25, -0.2) is 17.2 Å². The molecule has 5 nitrogen and oxygen atoms in total. The van der Waals surface area contributed by atoms with Crippen LogP contribution in [0.15, 0.2) is 117 Å². The minimum atomic E-state index is -5.06. The first kappa shape index (κ1) is 32.1. The molecule has 0 aliphatic carbocycles. The summed E-state index contributed by atoms with van der Waals surface area (Å²) in [5.41, 5.74) is -0.571. The van der Waals surface area contributed by atoms with E-state index in [0.717, 1.165) is 17.6 Å². The fourth-order valence-electron chi connectivity index (χ4n) is 3.71. The van der Waals surface area contributed by atoms with E-state index < -0.39 is 26.6 Å². The van der Waals surface area contributed by atoms with Crippen LogP contribution in [0.2, 0.25) is 0 Å². The van der Waals surface area contributed by atoms with Crippen molar-refractivity contribution in [3.05, 3.63) is 109 Å². The zero-order chi connectivity index (χ0) is 30.4. The number of hydrogen-bond acceptors (Lipinski definition) is 5. The molecular weight excluding hydrogens is 566 g/mol. The fraction of sp³-hybridized carbons (Fsp3) is 0.250. The molecule has 218 valence electrons. The van der Waals surface area contributed by atoms with Gasteiger partial charge in [0.05, 0.1) is 0 Å². The van der Waals surface area contributed by atoms with E-state index in [2.05, 4.69) is 114 Å². The lowest BCUT2D eigenvalue weighted by Gasteiger charge is -2.25. The van der Waals surface area contributed by atoms with E-state index in [0.29, 0.717) is 12.1 Å². The van der Waals surface area contributed by atoms with Crippen LogP contribution in [0.5, 0.6) is 11.5 Å². The van der Waals surface area contributed by atoms with Crippen molar-refractivity contribution in [2.45, 2.75) is 72.3 Å². The van der Waals surface area contributed by atoms with Crippen LogP contribution in [0.25, 0.3) is 0 Å². The summed E-state index contributed by atoms with van der Waals surface area (Å²) < 4.78 is 68.3. The standard InChI is InChI=1S/C26H31O2S.C6H4F2O3S/c1-25(2,3)27-20-17-18-24(23(19-20)28-26(4,5)6)29(21-13-9-7-10-14-21)22-15-11-8-12-16-22;7-4-2-1-3-5(8)6(4)12(9,10)11/h7-19H,1-6H3;1-3H,(H,9,10,11)/q+1;/p-1. The molecule has 41 heavy (non-hydrogen) atoms. The summed E-state index contributed by atoms with van der Waals surface area (Å²) in [7, 11) is -5.34. The zero-order valence-electron chi connectivity index (χ0n) is 23.9. The van der Waals surface area contributed by atoms with Gasteiger partial charge in [0.25, 0.3) is 0 Å². The third-order valence-electron chi connectivity index (χ3n) is 5.10. The third kappa shape index (κ3) is 9.59. The highest BCUT2D eigenvalue weighted by Crippen LogP contribution is 2.40. The van der Waals surface area contributed by atoms with Gasteiger partial charge in [-0.15, -0.1) is 0 Å². The molecule has 0 radical (unpaired) electrons. The second kappa shape index (κ2) is 13.1. The molecule has 0 bridgehead atoms. The Labute approximate surface area is 244 Å². The Morgan fingerprint density at radius 1 is 0.659 bits per heavy atom. The van der Waals surface area contributed by atoms with E-state index in [1.165, 1.54) is 14.7 Å². The summed E-state index contributed by atoms with van der Waals surface area (Å²) in [6.45, 7) is 12.4. The van der Waals surface area contributed by atoms with Crippen molar-refractivity contribution in [1.29, 1.82) is 0 Å². The molecule has 0 saturated heterocycles. The quantitative estimate of drug-likeness (QED) is 0.166. The largest absolute Gasteiger partial charge is 0.744 e. The second-order valence-corrected chi connectivity index (χ2v) is 14.3. The average Bonchev–Trinajstić information content (AvgIpc) is 2.84. The highest BCUT2D eigenvalue weighted by atomic mass is 32.2. The SMILES string of the molecule is CC(C)(C)Oc1ccc([S+](c2ccccc2)c2ccccc2)c(OC(C)(C)C)c1.O=S(=O)([O-])c1c(F)cccc1F. The molecule has 0 N–H and O–H groups in total. The van der Waals surface area contributed by atoms with E-state index in [9.17, 15) is 21.8 Å². The van der Waals surface area contributed by atoms with E-state index >= 15 is 0 Å². The van der Waals surface area contributed by atoms with Gasteiger partial charge in [-0.05, 0) is 84.0 Å². The fourth-order valence-corrected chi connectivity index (χ4v) is 6.47. The average molecular weight is 601 g/mol. The lowest BCUT2D eigenvalue weighted by Crippen LogP contribution is -2.25. The smallest absolute Gasteiger partial charge is 0.208 e. The van der Waals surface area contributed by atoms with E-state index in [1.807, 2.05) is 6.07 Å². The molecule has 0 fully saturated rings. The van der Waals surface area contributed by atoms with Gasteiger partial charge in [-0.2, -0.15) is 0 Å². The minimum Gasteiger partial charge on any atom is -0.744 e. The van der Waals surface area contributed by atoms with Crippen molar-refractivity contribution in [1.82, 2.24) is 0 Å². The number of benzene rings is 4. The van der Waals surface area contributed by atoms with Crippen LogP contribution in [0.1, 0.15) is 41.5 Å². The van der Waals surface area contributed by atoms with Crippen LogP contribution in [0, 0.1) is 11.6 Å². The van der Waals surface area contributed by atoms with Gasteiger partial charge in [0.15, 0.2) is 15.5 Å². The van der Waals surface area contributed by atoms with E-state index in [4.69, 9.17) is 9.47 Å². The zero-order valence-corrected chi connectivity index (χ0v) is 25.5. The first-order valence-electron chi connectivity index (χ1n) is 12.8. The summed E-state index contributed by atoms with van der Waals surface area (Å²) in [5.74, 6) is -1.05. The number of rotatable bonds is 6. The van der Waals surface area contributed by atoms with Crippen LogP contribution in [0.3, 0.4) is 0 Å². The van der Waals surface area contributed by atoms with E-state index in [-0.39, 0.29) is 22.1 Å². The van der Waals surface area contributed by atoms with Gasteiger partial charge in [0.1, 0.15) is 54.5 Å². The molecule has 0 heterocycles. The molecule has 0 aliphatic heterocycles. The van der Waals surface area contributed by atoms with Crippen molar-refractivity contribution < 1.29 is 31.2 Å². The lowest BCUT2D eigenvalue weighted by molar-refractivity contribution is 0.118. The van der Waals surface area contributed by atoms with E-state index in [1.54, 1.807) is 0 Å². The van der Waals surface area contributed by atoms with Gasteiger partial charge < -0.3 is 14.0 Å². The predicted molar refractivity (Wildman–Crippen MR) is 157 cm³/mol. The minimum absolute atomic E-state index is 0.263. The summed E-state index contributed by atoms with van der Waals surface area (Å²) in [6.07, 6.45) is 0. The molecule has 4 aromatic rings. The van der Waals surface area contributed by atoms with Crippen LogP contribution in [-0.4, -0.2) is 24.2 Å². The maximum atomic E-state index is 12.5. The Balaban J connectivity index is 0.000000322. The molecule has 0 saturated carbocycles. The number of hydrogen-bond donors (Lipinski definition) is 0. The number of halogens is 2. The monoisotopic (exact) mass is 600 g/mol. The third-order valence-corrected chi connectivity index (χ3v) is 8.26. The Kier molecular flexibility index (Phi) is 10.2. The Hall–Kier alpha value is -3.40. The van der Waals surface area contributed by atoms with Crippen molar-refractivity contribution in [3.8, 4) is 11.5 Å². The first-order valence-corrected chi connectivity index (χ1v) is 15.4. The molecular formula is C32H34F2O5S2. The normalized spacial score (nSPS) is 12.0. The van der Waals surface area contributed by atoms with Crippen LogP contribution in [-0.2, 0) is 21.0 Å². The van der Waals surface area contributed by atoms with Crippen molar-refractivity contribution >= 4 is 21.0 Å². The maximum Gasteiger partial charge on any atom is 0.208 e. The topological polar surface area (TPSA) is 75.7 Å². The maximum absolute atomic E-state index is 12.5. The molecule has 0 aliphatic rings. The molecule has 0 aromatic heterocycles. The van der Waals surface area contributed by atoms with Gasteiger partial charge in [0, 0.05) is 12.1 Å². The van der Waals surface area contributed by atoms with Gasteiger partial charge in [-0.1, -0.05) is 42.5 Å². The molecule has 0 amide bonds. The Morgan fingerprint density at radius 2 is 1.12 bits per heavy atom.